The number of pyridine rings is 1. The molecule has 0 saturated carbocycles. The van der Waals surface area contributed by atoms with Crippen molar-refractivity contribution in [2.75, 3.05) is 0 Å². The van der Waals surface area contributed by atoms with Gasteiger partial charge in [0, 0.05) is 6.20 Å². The number of fused-ring (bicyclic) bond motifs is 2. The van der Waals surface area contributed by atoms with Crippen LogP contribution in [0.3, 0.4) is 0 Å². The van der Waals surface area contributed by atoms with E-state index in [9.17, 15) is 4.79 Å². The Morgan fingerprint density at radius 3 is 3.09 bits per heavy atom. The zero-order valence-corrected chi connectivity index (χ0v) is 12.1. The normalized spacial score (nSPS) is 17.2. The Labute approximate surface area is 128 Å². The standard InChI is InChI=1S/C17H16N4O/c22-17(13-8-9-16-20-18-11-21(16)10-13)19-15-7-3-5-12-4-1-2-6-14(12)15/h1-2,4,6,8-11,15H,3,5,7H2,(H,19,22). The van der Waals surface area contributed by atoms with E-state index >= 15 is 0 Å². The molecule has 0 aliphatic heterocycles. The predicted molar refractivity (Wildman–Crippen MR) is 82.6 cm³/mol. The van der Waals surface area contributed by atoms with Crippen LogP contribution < -0.4 is 5.32 Å². The number of nitrogens with zero attached hydrogens (tertiary/aromatic N) is 3. The van der Waals surface area contributed by atoms with E-state index in [1.165, 1.54) is 11.1 Å². The summed E-state index contributed by atoms with van der Waals surface area (Å²) in [7, 11) is 0. The van der Waals surface area contributed by atoms with Gasteiger partial charge in [-0.05, 0) is 42.5 Å². The highest BCUT2D eigenvalue weighted by Crippen LogP contribution is 2.29. The fourth-order valence-corrected chi connectivity index (χ4v) is 3.11. The fraction of sp³-hybridized carbons (Fsp3) is 0.235. The molecule has 22 heavy (non-hydrogen) atoms. The van der Waals surface area contributed by atoms with Crippen molar-refractivity contribution in [1.82, 2.24) is 19.9 Å². The van der Waals surface area contributed by atoms with Gasteiger partial charge >= 0.3 is 0 Å². The molecule has 5 heteroatoms. The third kappa shape index (κ3) is 2.24. The van der Waals surface area contributed by atoms with Crippen LogP contribution in [-0.2, 0) is 6.42 Å². The predicted octanol–water partition coefficient (Wildman–Crippen LogP) is 2.54. The first kappa shape index (κ1) is 13.0. The fourth-order valence-electron chi connectivity index (χ4n) is 3.11. The van der Waals surface area contributed by atoms with Crippen LogP contribution >= 0.6 is 0 Å². The van der Waals surface area contributed by atoms with E-state index < -0.39 is 0 Å². The Kier molecular flexibility index (Phi) is 3.11. The molecule has 5 nitrogen and oxygen atoms in total. The van der Waals surface area contributed by atoms with Gasteiger partial charge in [0.15, 0.2) is 5.65 Å². The number of carbonyl (C=O) groups excluding carboxylic acids is 1. The van der Waals surface area contributed by atoms with Crippen molar-refractivity contribution in [2.45, 2.75) is 25.3 Å². The minimum Gasteiger partial charge on any atom is -0.345 e. The molecule has 1 atom stereocenters. The van der Waals surface area contributed by atoms with E-state index in [-0.39, 0.29) is 11.9 Å². The molecule has 110 valence electrons. The van der Waals surface area contributed by atoms with Gasteiger partial charge in [-0.2, -0.15) is 0 Å². The van der Waals surface area contributed by atoms with E-state index in [1.54, 1.807) is 29.1 Å². The van der Waals surface area contributed by atoms with Crippen molar-refractivity contribution >= 4 is 11.6 Å². The van der Waals surface area contributed by atoms with Crippen molar-refractivity contribution < 1.29 is 4.79 Å². The summed E-state index contributed by atoms with van der Waals surface area (Å²) in [6.45, 7) is 0. The molecule has 1 amide bonds. The van der Waals surface area contributed by atoms with Crippen LogP contribution in [0.5, 0.6) is 0 Å². The summed E-state index contributed by atoms with van der Waals surface area (Å²) in [6.07, 6.45) is 6.54. The van der Waals surface area contributed by atoms with Crippen LogP contribution in [-0.4, -0.2) is 20.5 Å². The van der Waals surface area contributed by atoms with Crippen molar-refractivity contribution in [3.63, 3.8) is 0 Å². The van der Waals surface area contributed by atoms with Crippen LogP contribution in [0.1, 0.15) is 40.4 Å². The average molecular weight is 292 g/mol. The molecule has 1 aliphatic carbocycles. The molecule has 2 heterocycles. The van der Waals surface area contributed by atoms with E-state index in [0.717, 1.165) is 24.9 Å². The van der Waals surface area contributed by atoms with E-state index in [1.807, 2.05) is 6.07 Å². The van der Waals surface area contributed by atoms with Crippen LogP contribution in [0.25, 0.3) is 5.65 Å². The summed E-state index contributed by atoms with van der Waals surface area (Å²) < 4.78 is 1.75. The summed E-state index contributed by atoms with van der Waals surface area (Å²) in [6, 6.07) is 12.0. The molecule has 2 aromatic heterocycles. The number of nitrogens with one attached hydrogen (secondary N) is 1. The maximum absolute atomic E-state index is 12.5. The first-order valence-corrected chi connectivity index (χ1v) is 7.49. The highest BCUT2D eigenvalue weighted by atomic mass is 16.1. The largest absolute Gasteiger partial charge is 0.345 e. The average Bonchev–Trinajstić information content (AvgIpc) is 3.02. The first-order valence-electron chi connectivity index (χ1n) is 7.49. The van der Waals surface area contributed by atoms with Crippen LogP contribution in [0, 0.1) is 0 Å². The molecule has 3 aromatic rings. The van der Waals surface area contributed by atoms with Gasteiger partial charge in [0.05, 0.1) is 11.6 Å². The van der Waals surface area contributed by atoms with Gasteiger partial charge in [0.25, 0.3) is 5.91 Å². The van der Waals surface area contributed by atoms with Crippen LogP contribution in [0.4, 0.5) is 0 Å². The second-order valence-electron chi connectivity index (χ2n) is 5.63. The molecule has 0 bridgehead atoms. The summed E-state index contributed by atoms with van der Waals surface area (Å²) in [5, 5.41) is 10.9. The third-order valence-corrected chi connectivity index (χ3v) is 4.23. The first-order chi connectivity index (χ1) is 10.8. The minimum atomic E-state index is -0.0581. The Bertz CT molecular complexity index is 839. The van der Waals surface area contributed by atoms with Gasteiger partial charge < -0.3 is 5.32 Å². The zero-order chi connectivity index (χ0) is 14.9. The Balaban J connectivity index is 1.59. The smallest absolute Gasteiger partial charge is 0.253 e. The topological polar surface area (TPSA) is 59.3 Å². The maximum Gasteiger partial charge on any atom is 0.253 e. The molecule has 1 aromatic carbocycles. The lowest BCUT2D eigenvalue weighted by Crippen LogP contribution is -2.31. The number of hydrogen-bond acceptors (Lipinski definition) is 3. The molecule has 0 fully saturated rings. The van der Waals surface area contributed by atoms with Gasteiger partial charge in [-0.25, -0.2) is 0 Å². The van der Waals surface area contributed by atoms with Gasteiger partial charge in [-0.1, -0.05) is 24.3 Å². The van der Waals surface area contributed by atoms with Crippen molar-refractivity contribution in [2.24, 2.45) is 0 Å². The molecule has 1 unspecified atom stereocenters. The van der Waals surface area contributed by atoms with Gasteiger partial charge in [0.2, 0.25) is 0 Å². The van der Waals surface area contributed by atoms with E-state index in [2.05, 4.69) is 33.7 Å². The summed E-state index contributed by atoms with van der Waals surface area (Å²) >= 11 is 0. The highest BCUT2D eigenvalue weighted by Gasteiger charge is 2.21. The lowest BCUT2D eigenvalue weighted by atomic mass is 9.87. The Hall–Kier alpha value is -2.69. The van der Waals surface area contributed by atoms with Gasteiger partial charge in [-0.15, -0.1) is 10.2 Å². The molecule has 0 radical (unpaired) electrons. The number of hydrogen-bond donors (Lipinski definition) is 1. The highest BCUT2D eigenvalue weighted by molar-refractivity contribution is 5.94. The van der Waals surface area contributed by atoms with Crippen molar-refractivity contribution in [1.29, 1.82) is 0 Å². The Morgan fingerprint density at radius 1 is 1.23 bits per heavy atom. The molecular weight excluding hydrogens is 276 g/mol. The second-order valence-corrected chi connectivity index (χ2v) is 5.63. The molecule has 1 aliphatic rings. The van der Waals surface area contributed by atoms with Gasteiger partial charge in [-0.3, -0.25) is 9.20 Å². The monoisotopic (exact) mass is 292 g/mol. The van der Waals surface area contributed by atoms with Crippen LogP contribution in [0.2, 0.25) is 0 Å². The number of rotatable bonds is 2. The molecule has 0 saturated heterocycles. The van der Waals surface area contributed by atoms with Crippen molar-refractivity contribution in [3.8, 4) is 0 Å². The second kappa shape index (κ2) is 5.26. The number of aromatic nitrogens is 3. The molecule has 4 rings (SSSR count). The number of benzene rings is 1. The lowest BCUT2D eigenvalue weighted by Gasteiger charge is -2.26. The van der Waals surface area contributed by atoms with E-state index in [0.29, 0.717) is 5.56 Å². The quantitative estimate of drug-likeness (QED) is 0.789. The minimum absolute atomic E-state index is 0.0581. The third-order valence-electron chi connectivity index (χ3n) is 4.23. The number of aryl methyl sites for hydroxylation is 1. The van der Waals surface area contributed by atoms with Crippen LogP contribution in [0.15, 0.2) is 48.9 Å². The Morgan fingerprint density at radius 2 is 2.14 bits per heavy atom. The molecule has 1 N–H and O–H groups in total. The van der Waals surface area contributed by atoms with Crippen molar-refractivity contribution in [3.05, 3.63) is 65.6 Å². The number of carbonyl (C=O) groups is 1. The SMILES string of the molecule is O=C(NC1CCCc2ccccc21)c1ccc2nncn2c1. The maximum atomic E-state index is 12.5. The number of amides is 1. The summed E-state index contributed by atoms with van der Waals surface area (Å²) in [5.74, 6) is -0.0581. The van der Waals surface area contributed by atoms with E-state index in [4.69, 9.17) is 0 Å². The lowest BCUT2D eigenvalue weighted by molar-refractivity contribution is 0.0932. The summed E-state index contributed by atoms with van der Waals surface area (Å²) in [5.41, 5.74) is 3.94. The summed E-state index contributed by atoms with van der Waals surface area (Å²) in [4.78, 5) is 12.5. The zero-order valence-electron chi connectivity index (χ0n) is 12.1. The molecule has 0 spiro atoms. The van der Waals surface area contributed by atoms with Gasteiger partial charge in [0.1, 0.15) is 6.33 Å². The molecular formula is C17H16N4O.